The van der Waals surface area contributed by atoms with Crippen molar-refractivity contribution in [3.05, 3.63) is 29.0 Å². The topological polar surface area (TPSA) is 83.5 Å². The van der Waals surface area contributed by atoms with Gasteiger partial charge in [0.05, 0.1) is 0 Å². The van der Waals surface area contributed by atoms with Gasteiger partial charge in [-0.25, -0.2) is 12.8 Å². The van der Waals surface area contributed by atoms with Crippen LogP contribution in [0.25, 0.3) is 0 Å². The summed E-state index contributed by atoms with van der Waals surface area (Å²) in [5, 5.41) is 9.04. The molecular weight excluding hydrogens is 309 g/mol. The molecule has 0 saturated carbocycles. The number of sulfonamides is 1. The van der Waals surface area contributed by atoms with Gasteiger partial charge in [-0.15, -0.1) is 0 Å². The number of unbranched alkanes of at least 4 members (excludes halogenated alkanes) is 1. The third kappa shape index (κ3) is 4.43. The summed E-state index contributed by atoms with van der Waals surface area (Å²) in [6.45, 7) is 1.85. The maximum Gasteiger partial charge on any atom is 0.321 e. The van der Waals surface area contributed by atoms with Gasteiger partial charge in [0.25, 0.3) is 0 Å². The number of halogens is 2. The van der Waals surface area contributed by atoms with Crippen molar-refractivity contribution in [1.82, 2.24) is 4.72 Å². The predicted molar refractivity (Wildman–Crippen MR) is 72.7 cm³/mol. The van der Waals surface area contributed by atoms with E-state index in [1.54, 1.807) is 0 Å². The molecule has 1 unspecified atom stereocenters. The lowest BCUT2D eigenvalue weighted by molar-refractivity contribution is -0.139. The fourth-order valence-corrected chi connectivity index (χ4v) is 3.03. The van der Waals surface area contributed by atoms with E-state index in [1.807, 2.05) is 11.6 Å². The first-order valence-electron chi connectivity index (χ1n) is 5.98. The van der Waals surface area contributed by atoms with Gasteiger partial charge in [-0.3, -0.25) is 4.79 Å². The number of carboxylic acids is 1. The third-order valence-corrected chi connectivity index (χ3v) is 4.37. The standard InChI is InChI=1S/C12H15ClFNO4S/c1-2-3-4-10(12(16)17)15-20(18,19)11-6-5-8(13)7-9(11)14/h5-7,10,15H,2-4H2,1H3,(H,16,17). The molecule has 0 spiro atoms. The molecule has 0 aliphatic carbocycles. The molecule has 8 heteroatoms. The summed E-state index contributed by atoms with van der Waals surface area (Å²) in [4.78, 5) is 10.4. The van der Waals surface area contributed by atoms with Gasteiger partial charge in [-0.05, 0) is 24.6 Å². The first-order valence-corrected chi connectivity index (χ1v) is 7.84. The highest BCUT2D eigenvalue weighted by Crippen LogP contribution is 2.19. The molecule has 0 fully saturated rings. The Bertz CT molecular complexity index is 591. The van der Waals surface area contributed by atoms with Crippen molar-refractivity contribution in [3.63, 3.8) is 0 Å². The quantitative estimate of drug-likeness (QED) is 0.807. The van der Waals surface area contributed by atoms with Crippen LogP contribution in [-0.4, -0.2) is 25.5 Å². The average Bonchev–Trinajstić information content (AvgIpc) is 2.33. The summed E-state index contributed by atoms with van der Waals surface area (Å²) in [6, 6.07) is 1.80. The van der Waals surface area contributed by atoms with Crippen LogP contribution < -0.4 is 4.72 Å². The molecule has 0 aliphatic rings. The van der Waals surface area contributed by atoms with Crippen LogP contribution in [0.15, 0.2) is 23.1 Å². The Morgan fingerprint density at radius 2 is 2.15 bits per heavy atom. The lowest BCUT2D eigenvalue weighted by atomic mass is 10.1. The van der Waals surface area contributed by atoms with E-state index in [4.69, 9.17) is 16.7 Å². The van der Waals surface area contributed by atoms with Crippen molar-refractivity contribution in [3.8, 4) is 0 Å². The number of hydrogen-bond acceptors (Lipinski definition) is 3. The van der Waals surface area contributed by atoms with Gasteiger partial charge >= 0.3 is 5.97 Å². The average molecular weight is 324 g/mol. The van der Waals surface area contributed by atoms with Gasteiger partial charge in [0, 0.05) is 5.02 Å². The summed E-state index contributed by atoms with van der Waals surface area (Å²) >= 11 is 5.54. The van der Waals surface area contributed by atoms with Crippen molar-refractivity contribution in [2.75, 3.05) is 0 Å². The summed E-state index contributed by atoms with van der Waals surface area (Å²) < 4.78 is 39.6. The smallest absolute Gasteiger partial charge is 0.321 e. The molecule has 1 aromatic carbocycles. The maximum absolute atomic E-state index is 13.6. The van der Waals surface area contributed by atoms with Crippen LogP contribution in [0.1, 0.15) is 26.2 Å². The number of hydrogen-bond donors (Lipinski definition) is 2. The second kappa shape index (κ2) is 7.01. The van der Waals surface area contributed by atoms with Gasteiger partial charge in [0.1, 0.15) is 16.8 Å². The molecule has 0 heterocycles. The van der Waals surface area contributed by atoms with E-state index in [1.165, 1.54) is 6.07 Å². The molecule has 0 aliphatic heterocycles. The summed E-state index contributed by atoms with van der Waals surface area (Å²) in [5.41, 5.74) is 0. The van der Waals surface area contributed by atoms with Crippen LogP contribution in [0.2, 0.25) is 5.02 Å². The van der Waals surface area contributed by atoms with E-state index < -0.39 is 32.7 Å². The number of carbonyl (C=O) groups is 1. The fraction of sp³-hybridized carbons (Fsp3) is 0.417. The van der Waals surface area contributed by atoms with Crippen molar-refractivity contribution in [2.45, 2.75) is 37.1 Å². The number of benzene rings is 1. The largest absolute Gasteiger partial charge is 0.480 e. The zero-order valence-corrected chi connectivity index (χ0v) is 12.3. The summed E-state index contributed by atoms with van der Waals surface area (Å²) in [6.07, 6.45) is 1.41. The normalized spacial score (nSPS) is 13.2. The molecule has 0 aromatic heterocycles. The maximum atomic E-state index is 13.6. The van der Waals surface area contributed by atoms with Crippen molar-refractivity contribution < 1.29 is 22.7 Å². The van der Waals surface area contributed by atoms with Crippen LogP contribution in [0.4, 0.5) is 4.39 Å². The lowest BCUT2D eigenvalue weighted by Crippen LogP contribution is -2.40. The molecule has 1 aromatic rings. The highest BCUT2D eigenvalue weighted by molar-refractivity contribution is 7.89. The minimum Gasteiger partial charge on any atom is -0.480 e. The van der Waals surface area contributed by atoms with Crippen LogP contribution in [-0.2, 0) is 14.8 Å². The van der Waals surface area contributed by atoms with Gasteiger partial charge in [0.15, 0.2) is 0 Å². The Morgan fingerprint density at radius 3 is 2.65 bits per heavy atom. The Morgan fingerprint density at radius 1 is 1.50 bits per heavy atom. The number of nitrogens with one attached hydrogen (secondary N) is 1. The molecule has 112 valence electrons. The number of rotatable bonds is 7. The zero-order valence-electron chi connectivity index (χ0n) is 10.8. The molecule has 0 bridgehead atoms. The Kier molecular flexibility index (Phi) is 5.91. The second-order valence-corrected chi connectivity index (χ2v) is 6.35. The number of carboxylic acid groups (broad SMARTS) is 1. The minimum atomic E-state index is -4.25. The van der Waals surface area contributed by atoms with Crippen LogP contribution in [0.3, 0.4) is 0 Å². The molecule has 5 nitrogen and oxygen atoms in total. The van der Waals surface area contributed by atoms with Crippen LogP contribution >= 0.6 is 11.6 Å². The molecular formula is C12H15ClFNO4S. The summed E-state index contributed by atoms with van der Waals surface area (Å²) in [7, 11) is -4.25. The molecule has 0 saturated heterocycles. The second-order valence-electron chi connectivity index (χ2n) is 4.23. The number of aliphatic carboxylic acids is 1. The highest BCUT2D eigenvalue weighted by Gasteiger charge is 2.27. The zero-order chi connectivity index (χ0) is 15.3. The molecule has 0 amide bonds. The molecule has 1 atom stereocenters. The monoisotopic (exact) mass is 323 g/mol. The van der Waals surface area contributed by atoms with Gasteiger partial charge in [-0.2, -0.15) is 4.72 Å². The van der Waals surface area contributed by atoms with E-state index in [-0.39, 0.29) is 11.4 Å². The highest BCUT2D eigenvalue weighted by atomic mass is 35.5. The minimum absolute atomic E-state index is 0.0576. The Hall–Kier alpha value is -1.18. The first kappa shape index (κ1) is 16.9. The van der Waals surface area contributed by atoms with E-state index in [0.717, 1.165) is 18.6 Å². The van der Waals surface area contributed by atoms with Crippen LogP contribution in [0, 0.1) is 5.82 Å². The SMILES string of the molecule is CCCCC(NS(=O)(=O)c1ccc(Cl)cc1F)C(=O)O. The summed E-state index contributed by atoms with van der Waals surface area (Å²) in [5.74, 6) is -2.32. The fourth-order valence-electron chi connectivity index (χ4n) is 1.58. The van der Waals surface area contributed by atoms with Gasteiger partial charge in [-0.1, -0.05) is 31.4 Å². The van der Waals surface area contributed by atoms with E-state index in [2.05, 4.69) is 0 Å². The molecule has 20 heavy (non-hydrogen) atoms. The first-order chi connectivity index (χ1) is 9.27. The molecule has 1 rings (SSSR count). The van der Waals surface area contributed by atoms with Crippen molar-refractivity contribution in [2.24, 2.45) is 0 Å². The van der Waals surface area contributed by atoms with Gasteiger partial charge in [0.2, 0.25) is 10.0 Å². The van der Waals surface area contributed by atoms with E-state index in [0.29, 0.717) is 6.42 Å². The third-order valence-electron chi connectivity index (χ3n) is 2.63. The van der Waals surface area contributed by atoms with Crippen molar-refractivity contribution in [1.29, 1.82) is 0 Å². The van der Waals surface area contributed by atoms with E-state index >= 15 is 0 Å². The lowest BCUT2D eigenvalue weighted by Gasteiger charge is -2.14. The van der Waals surface area contributed by atoms with E-state index in [9.17, 15) is 17.6 Å². The van der Waals surface area contributed by atoms with Crippen molar-refractivity contribution >= 4 is 27.6 Å². The van der Waals surface area contributed by atoms with Gasteiger partial charge < -0.3 is 5.11 Å². The predicted octanol–water partition coefficient (Wildman–Crippen LogP) is 2.40. The Balaban J connectivity index is 3.00. The van der Waals surface area contributed by atoms with Crippen LogP contribution in [0.5, 0.6) is 0 Å². The molecule has 0 radical (unpaired) electrons. The molecule has 2 N–H and O–H groups in total. The Labute approximate surface area is 121 Å².